The average molecular weight is 452 g/mol. The van der Waals surface area contributed by atoms with Gasteiger partial charge in [-0.3, -0.25) is 4.57 Å². The lowest BCUT2D eigenvalue weighted by molar-refractivity contribution is 0.415. The number of piperidine rings is 1. The van der Waals surface area contributed by atoms with Crippen molar-refractivity contribution in [3.8, 4) is 23.1 Å². The van der Waals surface area contributed by atoms with Crippen LogP contribution in [0.15, 0.2) is 66.9 Å². The number of rotatable bonds is 5. The van der Waals surface area contributed by atoms with Crippen LogP contribution in [-0.2, 0) is 0 Å². The monoisotopic (exact) mass is 451 g/mol. The Labute approximate surface area is 197 Å². The van der Waals surface area contributed by atoms with Crippen LogP contribution in [0.5, 0.6) is 5.75 Å². The van der Waals surface area contributed by atoms with Gasteiger partial charge in [0.15, 0.2) is 5.82 Å². The number of ether oxygens (including phenoxy) is 1. The van der Waals surface area contributed by atoms with Gasteiger partial charge < -0.3 is 15.4 Å². The Morgan fingerprint density at radius 1 is 1.00 bits per heavy atom. The summed E-state index contributed by atoms with van der Waals surface area (Å²) in [5.41, 5.74) is 3.44. The molecule has 0 aliphatic carbocycles. The van der Waals surface area contributed by atoms with Crippen molar-refractivity contribution >= 4 is 27.9 Å². The third kappa shape index (κ3) is 3.82. The molecule has 1 saturated heterocycles. The van der Waals surface area contributed by atoms with Crippen LogP contribution >= 0.6 is 0 Å². The number of nitrogens with zero attached hydrogens (tertiary/aromatic N) is 5. The zero-order chi connectivity index (χ0) is 22.9. The lowest BCUT2D eigenvalue weighted by Gasteiger charge is -2.23. The van der Waals surface area contributed by atoms with E-state index in [9.17, 15) is 0 Å². The molecular formula is C26H25N7O. The van der Waals surface area contributed by atoms with Crippen LogP contribution in [0.3, 0.4) is 0 Å². The average Bonchev–Trinajstić information content (AvgIpc) is 3.28. The fourth-order valence-electron chi connectivity index (χ4n) is 4.48. The van der Waals surface area contributed by atoms with Crippen LogP contribution in [0.25, 0.3) is 39.3 Å². The molecule has 1 aliphatic rings. The zero-order valence-electron chi connectivity index (χ0n) is 18.9. The second kappa shape index (κ2) is 8.72. The SMILES string of the molecule is COc1ccc2nc(-c3ccc4ccccc4n3)n(-c3ccnc(N[C@H]4CCCNC4)n3)c2c1. The van der Waals surface area contributed by atoms with Crippen molar-refractivity contribution in [2.24, 2.45) is 0 Å². The van der Waals surface area contributed by atoms with Gasteiger partial charge in [0.1, 0.15) is 17.3 Å². The van der Waals surface area contributed by atoms with Crippen LogP contribution in [0.1, 0.15) is 12.8 Å². The molecule has 5 aromatic rings. The number of methoxy groups -OCH3 is 1. The minimum atomic E-state index is 0.310. The third-order valence-electron chi connectivity index (χ3n) is 6.19. The van der Waals surface area contributed by atoms with E-state index in [1.807, 2.05) is 53.1 Å². The summed E-state index contributed by atoms with van der Waals surface area (Å²) in [5, 5.41) is 7.99. The number of fused-ring (bicyclic) bond motifs is 2. The maximum absolute atomic E-state index is 5.50. The fraction of sp³-hybridized carbons (Fsp3) is 0.231. The van der Waals surface area contributed by atoms with Gasteiger partial charge in [-0.25, -0.2) is 15.0 Å². The molecule has 2 aromatic carbocycles. The van der Waals surface area contributed by atoms with Crippen LogP contribution < -0.4 is 15.4 Å². The van der Waals surface area contributed by atoms with Crippen molar-refractivity contribution in [1.82, 2.24) is 29.8 Å². The Morgan fingerprint density at radius 3 is 2.82 bits per heavy atom. The molecule has 1 atom stereocenters. The lowest BCUT2D eigenvalue weighted by atomic mass is 10.1. The first-order chi connectivity index (χ1) is 16.8. The summed E-state index contributed by atoms with van der Waals surface area (Å²) in [4.78, 5) is 19.2. The molecule has 1 aliphatic heterocycles. The van der Waals surface area contributed by atoms with E-state index in [0.717, 1.165) is 71.0 Å². The molecule has 34 heavy (non-hydrogen) atoms. The Morgan fingerprint density at radius 2 is 1.94 bits per heavy atom. The fourth-order valence-corrected chi connectivity index (χ4v) is 4.48. The molecule has 3 aromatic heterocycles. The van der Waals surface area contributed by atoms with E-state index in [1.54, 1.807) is 13.3 Å². The summed E-state index contributed by atoms with van der Waals surface area (Å²) in [6, 6.07) is 20.2. The molecular weight excluding hydrogens is 426 g/mol. The Kier molecular flexibility index (Phi) is 5.27. The largest absolute Gasteiger partial charge is 0.497 e. The Bertz CT molecular complexity index is 1470. The highest BCUT2D eigenvalue weighted by Gasteiger charge is 2.19. The van der Waals surface area contributed by atoms with E-state index < -0.39 is 0 Å². The Balaban J connectivity index is 1.50. The predicted octanol–water partition coefficient (Wildman–Crippen LogP) is 4.20. The highest BCUT2D eigenvalue weighted by Crippen LogP contribution is 2.30. The quantitative estimate of drug-likeness (QED) is 0.414. The second-order valence-corrected chi connectivity index (χ2v) is 8.44. The number of anilines is 1. The highest BCUT2D eigenvalue weighted by molar-refractivity contribution is 5.86. The molecule has 2 N–H and O–H groups in total. The molecule has 0 radical (unpaired) electrons. The topological polar surface area (TPSA) is 89.8 Å². The number of aromatic nitrogens is 5. The van der Waals surface area contributed by atoms with Gasteiger partial charge in [-0.15, -0.1) is 0 Å². The molecule has 4 heterocycles. The van der Waals surface area contributed by atoms with Crippen molar-refractivity contribution in [2.45, 2.75) is 18.9 Å². The van der Waals surface area contributed by atoms with E-state index in [0.29, 0.717) is 12.0 Å². The first-order valence-corrected chi connectivity index (χ1v) is 11.5. The standard InChI is InChI=1S/C26H25N7O/c1-34-19-9-11-21-23(15-19)33(24-12-14-28-26(32-24)29-18-6-4-13-27-16-18)25(31-21)22-10-8-17-5-2-3-7-20(17)30-22/h2-3,5,7-12,14-15,18,27H,4,6,13,16H2,1H3,(H,28,29,32)/t18-/m0/s1. The summed E-state index contributed by atoms with van der Waals surface area (Å²) >= 11 is 0. The maximum atomic E-state index is 5.50. The molecule has 0 amide bonds. The van der Waals surface area contributed by atoms with Gasteiger partial charge in [-0.2, -0.15) is 4.98 Å². The van der Waals surface area contributed by atoms with Crippen LogP contribution in [0.4, 0.5) is 5.95 Å². The van der Waals surface area contributed by atoms with E-state index in [2.05, 4.69) is 27.8 Å². The first-order valence-electron chi connectivity index (χ1n) is 11.5. The molecule has 6 rings (SSSR count). The minimum Gasteiger partial charge on any atom is -0.497 e. The summed E-state index contributed by atoms with van der Waals surface area (Å²) < 4.78 is 7.53. The molecule has 8 nitrogen and oxygen atoms in total. The number of pyridine rings is 1. The van der Waals surface area contributed by atoms with E-state index in [4.69, 9.17) is 19.7 Å². The normalized spacial score (nSPS) is 16.1. The maximum Gasteiger partial charge on any atom is 0.224 e. The number of nitrogens with one attached hydrogen (secondary N) is 2. The van der Waals surface area contributed by atoms with E-state index in [-0.39, 0.29) is 0 Å². The van der Waals surface area contributed by atoms with Crippen molar-refractivity contribution < 1.29 is 4.74 Å². The van der Waals surface area contributed by atoms with Crippen molar-refractivity contribution in [1.29, 1.82) is 0 Å². The van der Waals surface area contributed by atoms with Gasteiger partial charge in [-0.1, -0.05) is 24.3 Å². The number of hydrogen-bond acceptors (Lipinski definition) is 7. The smallest absolute Gasteiger partial charge is 0.224 e. The molecule has 0 saturated carbocycles. The lowest BCUT2D eigenvalue weighted by Crippen LogP contribution is -2.38. The minimum absolute atomic E-state index is 0.310. The van der Waals surface area contributed by atoms with Gasteiger partial charge in [0.05, 0.1) is 23.7 Å². The summed E-state index contributed by atoms with van der Waals surface area (Å²) in [5.74, 6) is 2.81. The van der Waals surface area contributed by atoms with Crippen molar-refractivity contribution in [3.63, 3.8) is 0 Å². The van der Waals surface area contributed by atoms with Crippen LogP contribution in [0.2, 0.25) is 0 Å². The third-order valence-corrected chi connectivity index (χ3v) is 6.19. The summed E-state index contributed by atoms with van der Waals surface area (Å²) in [7, 11) is 1.67. The van der Waals surface area contributed by atoms with Gasteiger partial charge in [-0.05, 0) is 49.7 Å². The number of benzene rings is 2. The molecule has 170 valence electrons. The first kappa shape index (κ1) is 20.6. The predicted molar refractivity (Wildman–Crippen MR) is 133 cm³/mol. The number of para-hydroxylation sites is 1. The van der Waals surface area contributed by atoms with Crippen molar-refractivity contribution in [2.75, 3.05) is 25.5 Å². The Hall–Kier alpha value is -4.04. The second-order valence-electron chi connectivity index (χ2n) is 8.44. The van der Waals surface area contributed by atoms with Gasteiger partial charge in [0.2, 0.25) is 5.95 Å². The molecule has 0 bridgehead atoms. The van der Waals surface area contributed by atoms with E-state index in [1.165, 1.54) is 0 Å². The molecule has 8 heteroatoms. The van der Waals surface area contributed by atoms with Gasteiger partial charge in [0, 0.05) is 30.2 Å². The van der Waals surface area contributed by atoms with Crippen molar-refractivity contribution in [3.05, 3.63) is 66.9 Å². The van der Waals surface area contributed by atoms with E-state index >= 15 is 0 Å². The van der Waals surface area contributed by atoms with Gasteiger partial charge in [0.25, 0.3) is 0 Å². The summed E-state index contributed by atoms with van der Waals surface area (Å²) in [6.45, 7) is 1.97. The van der Waals surface area contributed by atoms with Crippen LogP contribution in [-0.4, -0.2) is 50.7 Å². The summed E-state index contributed by atoms with van der Waals surface area (Å²) in [6.07, 6.45) is 4.02. The van der Waals surface area contributed by atoms with Crippen LogP contribution in [0, 0.1) is 0 Å². The molecule has 0 spiro atoms. The number of imidazole rings is 1. The molecule has 1 fully saturated rings. The zero-order valence-corrected chi connectivity index (χ0v) is 18.9. The highest BCUT2D eigenvalue weighted by atomic mass is 16.5. The van der Waals surface area contributed by atoms with Gasteiger partial charge >= 0.3 is 0 Å². The number of hydrogen-bond donors (Lipinski definition) is 2. The molecule has 0 unspecified atom stereocenters.